The molecule has 1 N–H and O–H groups in total. The Labute approximate surface area is 151 Å². The molecule has 6 heteroatoms. The zero-order valence-electron chi connectivity index (χ0n) is 14.5. The van der Waals surface area contributed by atoms with E-state index in [0.29, 0.717) is 17.9 Å². The molecule has 0 aliphatic carbocycles. The lowest BCUT2D eigenvalue weighted by Gasteiger charge is -2.21. The lowest BCUT2D eigenvalue weighted by Crippen LogP contribution is -2.25. The molecule has 0 unspecified atom stereocenters. The Hall–Kier alpha value is -3.12. The minimum Gasteiger partial charge on any atom is -0.395 e. The van der Waals surface area contributed by atoms with E-state index in [1.807, 2.05) is 55.5 Å². The van der Waals surface area contributed by atoms with Crippen LogP contribution in [-0.4, -0.2) is 24.8 Å². The highest BCUT2D eigenvalue weighted by Crippen LogP contribution is 2.34. The first-order valence-electron chi connectivity index (χ1n) is 8.49. The number of rotatable bonds is 7. The van der Waals surface area contributed by atoms with Gasteiger partial charge in [-0.2, -0.15) is 5.11 Å². The number of anilines is 1. The predicted molar refractivity (Wildman–Crippen MR) is 105 cm³/mol. The molecule has 3 aromatic carbocycles. The summed E-state index contributed by atoms with van der Waals surface area (Å²) in [5.74, 6) is 0. The highest BCUT2D eigenvalue weighted by Gasteiger charge is 2.06. The third-order valence-electron chi connectivity index (χ3n) is 4.22. The second-order valence-electron chi connectivity index (χ2n) is 5.76. The Bertz CT molecular complexity index is 923. The molecule has 6 nitrogen and oxygen atoms in total. The van der Waals surface area contributed by atoms with Gasteiger partial charge in [-0.15, -0.1) is 10.0 Å². The summed E-state index contributed by atoms with van der Waals surface area (Å²) in [6.07, 6.45) is 0. The smallest absolute Gasteiger partial charge is 0.115 e. The van der Waals surface area contributed by atoms with Gasteiger partial charge in [-0.1, -0.05) is 24.3 Å². The maximum atomic E-state index is 10.9. The van der Waals surface area contributed by atoms with Gasteiger partial charge in [-0.3, -0.25) is 0 Å². The predicted octanol–water partition coefficient (Wildman–Crippen LogP) is 5.47. The van der Waals surface area contributed by atoms with Crippen LogP contribution in [0.25, 0.3) is 10.8 Å². The highest BCUT2D eigenvalue weighted by atomic mass is 16.3. The van der Waals surface area contributed by atoms with Gasteiger partial charge in [0.05, 0.1) is 18.0 Å². The Kier molecular flexibility index (Phi) is 5.66. The molecule has 0 aliphatic rings. The number of benzene rings is 3. The van der Waals surface area contributed by atoms with E-state index in [1.165, 1.54) is 0 Å². The molecule has 0 bridgehead atoms. The molecule has 132 valence electrons. The van der Waals surface area contributed by atoms with E-state index in [4.69, 9.17) is 5.11 Å². The SMILES string of the molecule is CCN(CCO)c1ccc(N=Nc2ccc(N=O)c3ccccc23)cc1. The summed E-state index contributed by atoms with van der Waals surface area (Å²) in [6.45, 7) is 3.59. The van der Waals surface area contributed by atoms with Gasteiger partial charge < -0.3 is 10.0 Å². The summed E-state index contributed by atoms with van der Waals surface area (Å²) >= 11 is 0. The van der Waals surface area contributed by atoms with Crippen molar-refractivity contribution in [3.05, 3.63) is 65.6 Å². The van der Waals surface area contributed by atoms with E-state index < -0.39 is 0 Å². The highest BCUT2D eigenvalue weighted by molar-refractivity contribution is 5.99. The summed E-state index contributed by atoms with van der Waals surface area (Å²) < 4.78 is 0. The summed E-state index contributed by atoms with van der Waals surface area (Å²) in [5.41, 5.74) is 2.85. The first kappa shape index (κ1) is 17.7. The minimum absolute atomic E-state index is 0.119. The summed E-state index contributed by atoms with van der Waals surface area (Å²) in [4.78, 5) is 13.0. The van der Waals surface area contributed by atoms with Crippen LogP contribution in [0.2, 0.25) is 0 Å². The van der Waals surface area contributed by atoms with Crippen LogP contribution in [0.15, 0.2) is 76.1 Å². The van der Waals surface area contributed by atoms with Gasteiger partial charge in [0.2, 0.25) is 0 Å². The van der Waals surface area contributed by atoms with Crippen molar-refractivity contribution in [1.82, 2.24) is 0 Å². The van der Waals surface area contributed by atoms with Gasteiger partial charge >= 0.3 is 0 Å². The molecule has 0 aliphatic heterocycles. The average molecular weight is 348 g/mol. The number of azo groups is 1. The summed E-state index contributed by atoms with van der Waals surface area (Å²) in [6, 6.07) is 18.6. The van der Waals surface area contributed by atoms with Crippen molar-refractivity contribution in [2.24, 2.45) is 15.4 Å². The van der Waals surface area contributed by atoms with Gasteiger partial charge in [0, 0.05) is 29.5 Å². The molecule has 0 saturated heterocycles. The summed E-state index contributed by atoms with van der Waals surface area (Å²) in [7, 11) is 0. The molecular weight excluding hydrogens is 328 g/mol. The maximum Gasteiger partial charge on any atom is 0.115 e. The molecule has 0 spiro atoms. The number of nitrogens with zero attached hydrogens (tertiary/aromatic N) is 4. The first-order chi connectivity index (χ1) is 12.8. The van der Waals surface area contributed by atoms with E-state index >= 15 is 0 Å². The number of likely N-dealkylation sites (N-methyl/N-ethyl adjacent to an activating group) is 1. The molecule has 0 fully saturated rings. The number of nitroso groups, excluding NO2 is 1. The zero-order valence-corrected chi connectivity index (χ0v) is 14.5. The Morgan fingerprint density at radius 3 is 2.15 bits per heavy atom. The van der Waals surface area contributed by atoms with Gasteiger partial charge in [0.1, 0.15) is 5.69 Å². The number of aliphatic hydroxyl groups excluding tert-OH is 1. The van der Waals surface area contributed by atoms with Crippen LogP contribution in [0.3, 0.4) is 0 Å². The Morgan fingerprint density at radius 2 is 1.54 bits per heavy atom. The van der Waals surface area contributed by atoms with Crippen molar-refractivity contribution in [3.63, 3.8) is 0 Å². The fourth-order valence-corrected chi connectivity index (χ4v) is 2.87. The molecule has 26 heavy (non-hydrogen) atoms. The fraction of sp³-hybridized carbons (Fsp3) is 0.200. The molecule has 0 aromatic heterocycles. The van der Waals surface area contributed by atoms with Crippen LogP contribution in [0, 0.1) is 4.91 Å². The van der Waals surface area contributed by atoms with E-state index in [-0.39, 0.29) is 6.61 Å². The van der Waals surface area contributed by atoms with Crippen molar-refractivity contribution < 1.29 is 5.11 Å². The quantitative estimate of drug-likeness (QED) is 0.454. The Balaban J connectivity index is 1.86. The van der Waals surface area contributed by atoms with Crippen molar-refractivity contribution in [1.29, 1.82) is 0 Å². The minimum atomic E-state index is 0.119. The first-order valence-corrected chi connectivity index (χ1v) is 8.49. The van der Waals surface area contributed by atoms with Crippen molar-refractivity contribution in [3.8, 4) is 0 Å². The molecule has 0 saturated carbocycles. The third-order valence-corrected chi connectivity index (χ3v) is 4.22. The van der Waals surface area contributed by atoms with E-state index in [9.17, 15) is 4.91 Å². The topological polar surface area (TPSA) is 77.6 Å². The lowest BCUT2D eigenvalue weighted by atomic mass is 10.1. The molecular formula is C20H20N4O2. The van der Waals surface area contributed by atoms with Crippen LogP contribution in [0.1, 0.15) is 6.92 Å². The zero-order chi connectivity index (χ0) is 18.4. The van der Waals surface area contributed by atoms with Crippen molar-refractivity contribution in [2.45, 2.75) is 6.92 Å². The van der Waals surface area contributed by atoms with Crippen molar-refractivity contribution in [2.75, 3.05) is 24.6 Å². The lowest BCUT2D eigenvalue weighted by molar-refractivity contribution is 0.302. The van der Waals surface area contributed by atoms with Crippen LogP contribution in [0.4, 0.5) is 22.7 Å². The summed E-state index contributed by atoms with van der Waals surface area (Å²) in [5, 5.41) is 22.4. The average Bonchev–Trinajstić information content (AvgIpc) is 2.70. The molecule has 3 rings (SSSR count). The standard InChI is InChI=1S/C20H20N4O2/c1-2-24(13-14-25)16-9-7-15(8-10-16)21-22-19-11-12-20(23-26)18-6-4-3-5-17(18)19/h3-12,25H,2,13-14H2,1H3. The van der Waals surface area contributed by atoms with Gasteiger partial charge in [-0.05, 0) is 48.5 Å². The van der Waals surface area contributed by atoms with Gasteiger partial charge in [0.25, 0.3) is 0 Å². The monoisotopic (exact) mass is 348 g/mol. The largest absolute Gasteiger partial charge is 0.395 e. The van der Waals surface area contributed by atoms with E-state index in [2.05, 4.69) is 20.3 Å². The number of hydrogen-bond acceptors (Lipinski definition) is 6. The fourth-order valence-electron chi connectivity index (χ4n) is 2.87. The van der Waals surface area contributed by atoms with Crippen LogP contribution >= 0.6 is 0 Å². The van der Waals surface area contributed by atoms with Gasteiger partial charge in [-0.25, -0.2) is 0 Å². The molecule has 3 aromatic rings. The molecule has 0 heterocycles. The van der Waals surface area contributed by atoms with Crippen molar-refractivity contribution >= 4 is 33.5 Å². The van der Waals surface area contributed by atoms with E-state index in [0.717, 1.165) is 28.7 Å². The van der Waals surface area contributed by atoms with Crippen LogP contribution in [-0.2, 0) is 0 Å². The molecule has 0 radical (unpaired) electrons. The number of fused-ring (bicyclic) bond motifs is 1. The van der Waals surface area contributed by atoms with E-state index in [1.54, 1.807) is 12.1 Å². The third kappa shape index (κ3) is 3.75. The van der Waals surface area contributed by atoms with Gasteiger partial charge in [0.15, 0.2) is 0 Å². The number of hydrogen-bond donors (Lipinski definition) is 1. The Morgan fingerprint density at radius 1 is 0.885 bits per heavy atom. The van der Waals surface area contributed by atoms with Crippen LogP contribution < -0.4 is 4.90 Å². The normalized spacial score (nSPS) is 11.2. The second-order valence-corrected chi connectivity index (χ2v) is 5.76. The van der Waals surface area contributed by atoms with Crippen LogP contribution in [0.5, 0.6) is 0 Å². The second kappa shape index (κ2) is 8.31. The molecule has 0 atom stereocenters. The number of aliphatic hydroxyl groups is 1. The molecule has 0 amide bonds. The maximum absolute atomic E-state index is 10.9.